The number of amides is 1. The zero-order valence-electron chi connectivity index (χ0n) is 15.5. The van der Waals surface area contributed by atoms with Crippen molar-refractivity contribution in [2.75, 3.05) is 33.5 Å². The van der Waals surface area contributed by atoms with Gasteiger partial charge in [0.1, 0.15) is 0 Å². The second kappa shape index (κ2) is 10.3. The van der Waals surface area contributed by atoms with E-state index in [2.05, 4.69) is 10.4 Å². The maximum atomic E-state index is 12.6. The molecular weight excluding hydrogens is 354 g/mol. The molecule has 1 amide bonds. The lowest BCUT2D eigenvalue weighted by atomic mass is 10.0. The molecule has 26 heavy (non-hydrogen) atoms. The van der Waals surface area contributed by atoms with E-state index >= 15 is 0 Å². The van der Waals surface area contributed by atoms with Crippen molar-refractivity contribution in [1.29, 1.82) is 0 Å². The first-order valence-corrected chi connectivity index (χ1v) is 9.11. The predicted octanol–water partition coefficient (Wildman–Crippen LogP) is 3.43. The van der Waals surface area contributed by atoms with Crippen LogP contribution in [0.4, 0.5) is 0 Å². The summed E-state index contributed by atoms with van der Waals surface area (Å²) in [6.45, 7) is 6.37. The number of rotatable bonds is 10. The number of benzene rings is 1. The fraction of sp³-hybridized carbons (Fsp3) is 0.474. The van der Waals surface area contributed by atoms with Crippen LogP contribution in [0.25, 0.3) is 5.69 Å². The summed E-state index contributed by atoms with van der Waals surface area (Å²) in [5.41, 5.74) is 2.35. The van der Waals surface area contributed by atoms with Gasteiger partial charge in [-0.2, -0.15) is 5.10 Å². The van der Waals surface area contributed by atoms with Gasteiger partial charge in [0.15, 0.2) is 0 Å². The molecule has 0 saturated heterocycles. The third kappa shape index (κ3) is 5.56. The van der Waals surface area contributed by atoms with E-state index in [1.807, 2.05) is 38.1 Å². The number of nitrogens with zero attached hydrogens (tertiary/aromatic N) is 2. The number of methoxy groups -OCH3 is 1. The molecule has 0 bridgehead atoms. The van der Waals surface area contributed by atoms with Crippen LogP contribution in [0, 0.1) is 0 Å². The molecule has 142 valence electrons. The Hall–Kier alpha value is -1.89. The van der Waals surface area contributed by atoms with E-state index in [-0.39, 0.29) is 11.8 Å². The van der Waals surface area contributed by atoms with Gasteiger partial charge in [-0.1, -0.05) is 25.4 Å². The van der Waals surface area contributed by atoms with Gasteiger partial charge in [0.05, 0.1) is 36.4 Å². The third-order valence-corrected chi connectivity index (χ3v) is 4.10. The molecular formula is C19H26ClN3O3. The quantitative estimate of drug-likeness (QED) is 0.642. The summed E-state index contributed by atoms with van der Waals surface area (Å²) in [6, 6.07) is 7.40. The minimum atomic E-state index is -0.120. The highest BCUT2D eigenvalue weighted by atomic mass is 35.5. The Bertz CT molecular complexity index is 699. The van der Waals surface area contributed by atoms with Crippen LogP contribution < -0.4 is 5.32 Å². The molecule has 6 nitrogen and oxygen atoms in total. The van der Waals surface area contributed by atoms with Gasteiger partial charge in [0.2, 0.25) is 0 Å². The Morgan fingerprint density at radius 3 is 2.62 bits per heavy atom. The van der Waals surface area contributed by atoms with Crippen LogP contribution in [-0.2, 0) is 9.47 Å². The number of carbonyl (C=O) groups excluding carboxylic acids is 1. The van der Waals surface area contributed by atoms with Crippen LogP contribution in [-0.4, -0.2) is 49.2 Å². The molecule has 1 N–H and O–H groups in total. The van der Waals surface area contributed by atoms with Gasteiger partial charge in [-0.3, -0.25) is 4.79 Å². The van der Waals surface area contributed by atoms with E-state index in [9.17, 15) is 4.79 Å². The Balaban J connectivity index is 2.00. The van der Waals surface area contributed by atoms with E-state index in [1.165, 1.54) is 0 Å². The minimum absolute atomic E-state index is 0.120. The number of nitrogens with one attached hydrogen (secondary N) is 1. The first kappa shape index (κ1) is 20.4. The SMILES string of the molecule is COCCOCCCNC(=O)c1cnn(-c2ccc(Cl)cc2)c1C(C)C. The molecule has 2 aromatic rings. The second-order valence-electron chi connectivity index (χ2n) is 6.20. The molecule has 0 fully saturated rings. The van der Waals surface area contributed by atoms with Gasteiger partial charge >= 0.3 is 0 Å². The average molecular weight is 380 g/mol. The summed E-state index contributed by atoms with van der Waals surface area (Å²) >= 11 is 5.96. The lowest BCUT2D eigenvalue weighted by molar-refractivity contribution is 0.0688. The van der Waals surface area contributed by atoms with E-state index in [4.69, 9.17) is 21.1 Å². The summed E-state index contributed by atoms with van der Waals surface area (Å²) in [6.07, 6.45) is 2.37. The molecule has 1 aromatic heterocycles. The van der Waals surface area contributed by atoms with E-state index in [1.54, 1.807) is 18.0 Å². The topological polar surface area (TPSA) is 65.4 Å². The van der Waals surface area contributed by atoms with Crippen LogP contribution >= 0.6 is 11.6 Å². The molecule has 0 aliphatic heterocycles. The van der Waals surface area contributed by atoms with Gasteiger partial charge in [0, 0.05) is 25.3 Å². The van der Waals surface area contributed by atoms with Crippen molar-refractivity contribution < 1.29 is 14.3 Å². The van der Waals surface area contributed by atoms with Crippen molar-refractivity contribution in [3.8, 4) is 5.69 Å². The van der Waals surface area contributed by atoms with Crippen molar-refractivity contribution in [2.24, 2.45) is 0 Å². The van der Waals surface area contributed by atoms with Crippen molar-refractivity contribution >= 4 is 17.5 Å². The molecule has 0 aliphatic carbocycles. The highest BCUT2D eigenvalue weighted by Crippen LogP contribution is 2.23. The summed E-state index contributed by atoms with van der Waals surface area (Å²) in [4.78, 5) is 12.6. The lowest BCUT2D eigenvalue weighted by Crippen LogP contribution is -2.26. The number of hydrogen-bond acceptors (Lipinski definition) is 4. The van der Waals surface area contributed by atoms with Gasteiger partial charge < -0.3 is 14.8 Å². The Morgan fingerprint density at radius 2 is 1.96 bits per heavy atom. The predicted molar refractivity (Wildman–Crippen MR) is 102 cm³/mol. The molecule has 1 aromatic carbocycles. The largest absolute Gasteiger partial charge is 0.382 e. The number of halogens is 1. The fourth-order valence-corrected chi connectivity index (χ4v) is 2.72. The maximum Gasteiger partial charge on any atom is 0.254 e. The zero-order chi connectivity index (χ0) is 18.9. The molecule has 0 saturated carbocycles. The summed E-state index contributed by atoms with van der Waals surface area (Å²) in [7, 11) is 1.64. The minimum Gasteiger partial charge on any atom is -0.382 e. The fourth-order valence-electron chi connectivity index (χ4n) is 2.59. The Kier molecular flexibility index (Phi) is 8.09. The molecule has 0 aliphatic rings. The average Bonchev–Trinajstić information content (AvgIpc) is 3.07. The molecule has 0 radical (unpaired) electrons. The zero-order valence-corrected chi connectivity index (χ0v) is 16.3. The van der Waals surface area contributed by atoms with Crippen molar-refractivity contribution in [2.45, 2.75) is 26.2 Å². The highest BCUT2D eigenvalue weighted by Gasteiger charge is 2.20. The molecule has 0 unspecified atom stereocenters. The number of aromatic nitrogens is 2. The second-order valence-corrected chi connectivity index (χ2v) is 6.64. The monoisotopic (exact) mass is 379 g/mol. The summed E-state index contributed by atoms with van der Waals surface area (Å²) in [5, 5.41) is 8.01. The van der Waals surface area contributed by atoms with Gasteiger partial charge in [0.25, 0.3) is 5.91 Å². The Labute approximate surface area is 159 Å². The molecule has 2 rings (SSSR count). The van der Waals surface area contributed by atoms with Crippen LogP contribution in [0.1, 0.15) is 42.2 Å². The smallest absolute Gasteiger partial charge is 0.254 e. The third-order valence-electron chi connectivity index (χ3n) is 3.85. The van der Waals surface area contributed by atoms with Crippen molar-refractivity contribution in [1.82, 2.24) is 15.1 Å². The van der Waals surface area contributed by atoms with E-state index < -0.39 is 0 Å². The molecule has 0 spiro atoms. The normalized spacial score (nSPS) is 11.1. The van der Waals surface area contributed by atoms with Crippen molar-refractivity contribution in [3.63, 3.8) is 0 Å². The summed E-state index contributed by atoms with van der Waals surface area (Å²) < 4.78 is 12.1. The Morgan fingerprint density at radius 1 is 1.23 bits per heavy atom. The molecule has 0 atom stereocenters. The van der Waals surface area contributed by atoms with Crippen LogP contribution in [0.2, 0.25) is 5.02 Å². The van der Waals surface area contributed by atoms with E-state index in [0.717, 1.165) is 17.8 Å². The first-order chi connectivity index (χ1) is 12.5. The number of hydrogen-bond donors (Lipinski definition) is 1. The van der Waals surface area contributed by atoms with Crippen LogP contribution in [0.15, 0.2) is 30.5 Å². The van der Waals surface area contributed by atoms with Gasteiger partial charge in [-0.05, 0) is 36.6 Å². The number of ether oxygens (including phenoxy) is 2. The standard InChI is InChI=1S/C19H26ClN3O3/c1-14(2)18-17(19(24)21-9-4-10-26-12-11-25-3)13-22-23(18)16-7-5-15(20)6-8-16/h5-8,13-14H,4,9-12H2,1-3H3,(H,21,24). The van der Waals surface area contributed by atoms with Crippen molar-refractivity contribution in [3.05, 3.63) is 46.7 Å². The van der Waals surface area contributed by atoms with Crippen LogP contribution in [0.3, 0.4) is 0 Å². The van der Waals surface area contributed by atoms with Gasteiger partial charge in [-0.15, -0.1) is 0 Å². The summed E-state index contributed by atoms with van der Waals surface area (Å²) in [5.74, 6) is 0.0251. The highest BCUT2D eigenvalue weighted by molar-refractivity contribution is 6.30. The number of carbonyl (C=O) groups is 1. The first-order valence-electron chi connectivity index (χ1n) is 8.73. The van der Waals surface area contributed by atoms with E-state index in [0.29, 0.717) is 37.0 Å². The van der Waals surface area contributed by atoms with Crippen LogP contribution in [0.5, 0.6) is 0 Å². The maximum absolute atomic E-state index is 12.6. The molecule has 7 heteroatoms. The molecule has 1 heterocycles. The lowest BCUT2D eigenvalue weighted by Gasteiger charge is -2.13. The van der Waals surface area contributed by atoms with Gasteiger partial charge in [-0.25, -0.2) is 4.68 Å².